The molecule has 0 aromatic rings. The van der Waals surface area contributed by atoms with E-state index in [1.165, 1.54) is 0 Å². The minimum absolute atomic E-state index is 0.00218. The van der Waals surface area contributed by atoms with Crippen LogP contribution in [0.25, 0.3) is 0 Å². The second kappa shape index (κ2) is 4.04. The van der Waals surface area contributed by atoms with Gasteiger partial charge in [-0.05, 0) is 12.2 Å². The van der Waals surface area contributed by atoms with Gasteiger partial charge in [0.05, 0.1) is 5.16 Å². The summed E-state index contributed by atoms with van der Waals surface area (Å²) in [6.07, 6.45) is 0. The molecule has 0 radical (unpaired) electrons. The van der Waals surface area contributed by atoms with Crippen LogP contribution in [0.15, 0.2) is 10.2 Å². The first-order valence-corrected chi connectivity index (χ1v) is 2.08. The van der Waals surface area contributed by atoms with Crippen LogP contribution in [-0.2, 0) is 0 Å². The van der Waals surface area contributed by atoms with Crippen molar-refractivity contribution in [2.24, 2.45) is 21.8 Å². The molecule has 0 atom stereocenters. The highest BCUT2D eigenvalue weighted by Crippen LogP contribution is 1.52. The maximum atomic E-state index is 4.99. The molecule has 0 aliphatic heterocycles. The average Bonchev–Trinajstić information content (AvgIpc) is 1.83. The second-order valence-corrected chi connectivity index (χ2v) is 1.01. The molecule has 6 heteroatoms. The molecule has 0 rings (SSSR count). The van der Waals surface area contributed by atoms with Crippen molar-refractivity contribution in [3.63, 3.8) is 0 Å². The first-order valence-electron chi connectivity index (χ1n) is 1.67. The second-order valence-electron chi connectivity index (χ2n) is 0.829. The number of thiocarbonyl (C=S) groups is 1. The lowest BCUT2D eigenvalue weighted by molar-refractivity contribution is 0.997. The molecule has 0 bridgehead atoms. The molecule has 44 valence electrons. The lowest BCUT2D eigenvalue weighted by Crippen LogP contribution is -2.28. The van der Waals surface area contributed by atoms with Gasteiger partial charge in [0.25, 0.3) is 0 Å². The van der Waals surface area contributed by atoms with Crippen molar-refractivity contribution in [3.8, 4) is 0 Å². The fraction of sp³-hybridized carbons (Fsp3) is 0. The standard InChI is InChI=1S/C2H5N5S/c3-2(6-4)7-5-1-8/h4H2,(H3,3,6,7). The molecule has 8 heavy (non-hydrogen) atoms. The van der Waals surface area contributed by atoms with Gasteiger partial charge in [-0.3, -0.25) is 0 Å². The van der Waals surface area contributed by atoms with E-state index in [9.17, 15) is 0 Å². The number of nitrogens with one attached hydrogen (secondary N) is 1. The molecule has 0 aromatic heterocycles. The van der Waals surface area contributed by atoms with E-state index in [1.807, 2.05) is 5.16 Å². The minimum Gasteiger partial charge on any atom is -0.367 e. The van der Waals surface area contributed by atoms with Crippen LogP contribution < -0.4 is 17.0 Å². The number of hydrogen-bond acceptors (Lipinski definition) is 4. The molecule has 5 N–H and O–H groups in total. The predicted octanol–water partition coefficient (Wildman–Crippen LogP) is -1.22. The lowest BCUT2D eigenvalue weighted by atomic mass is 11.1. The van der Waals surface area contributed by atoms with Gasteiger partial charge < -0.3 is 11.6 Å². The van der Waals surface area contributed by atoms with Crippen LogP contribution in [0.5, 0.6) is 0 Å². The molecule has 0 aromatic carbocycles. The van der Waals surface area contributed by atoms with Gasteiger partial charge in [0.2, 0.25) is 5.96 Å². The zero-order valence-electron chi connectivity index (χ0n) is 3.96. The monoisotopic (exact) mass is 131 g/mol. The molecular formula is C2H5N5S. The van der Waals surface area contributed by atoms with Crippen LogP contribution in [-0.4, -0.2) is 11.1 Å². The van der Waals surface area contributed by atoms with Crippen molar-refractivity contribution in [2.75, 3.05) is 0 Å². The van der Waals surface area contributed by atoms with E-state index < -0.39 is 0 Å². The zero-order chi connectivity index (χ0) is 6.41. The van der Waals surface area contributed by atoms with Gasteiger partial charge in [-0.15, -0.1) is 10.2 Å². The van der Waals surface area contributed by atoms with Crippen LogP contribution in [0.2, 0.25) is 0 Å². The summed E-state index contributed by atoms with van der Waals surface area (Å²) in [5.74, 6) is 4.69. The number of hydrazone groups is 2. The summed E-state index contributed by atoms with van der Waals surface area (Å²) in [4.78, 5) is 0. The van der Waals surface area contributed by atoms with Gasteiger partial charge >= 0.3 is 0 Å². The third-order valence-corrected chi connectivity index (χ3v) is 0.446. The maximum absolute atomic E-state index is 4.99. The molecule has 0 saturated carbocycles. The summed E-state index contributed by atoms with van der Waals surface area (Å²) in [5.41, 5.74) is 7.19. The number of guanidine groups is 1. The number of hydrogen-bond donors (Lipinski definition) is 3. The van der Waals surface area contributed by atoms with E-state index in [4.69, 9.17) is 11.6 Å². The fourth-order valence-electron chi connectivity index (χ4n) is 0.109. The quantitative estimate of drug-likeness (QED) is 0.137. The van der Waals surface area contributed by atoms with Gasteiger partial charge in [0, 0.05) is 0 Å². The van der Waals surface area contributed by atoms with Gasteiger partial charge in [-0.25, -0.2) is 5.43 Å². The van der Waals surface area contributed by atoms with Gasteiger partial charge in [-0.2, -0.15) is 0 Å². The van der Waals surface area contributed by atoms with Crippen molar-refractivity contribution in [3.05, 3.63) is 0 Å². The smallest absolute Gasteiger partial charge is 0.231 e. The number of isothiocyanates is 1. The highest BCUT2D eigenvalue weighted by atomic mass is 32.1. The van der Waals surface area contributed by atoms with E-state index in [1.54, 1.807) is 0 Å². The van der Waals surface area contributed by atoms with E-state index in [2.05, 4.69) is 27.8 Å². The molecule has 0 unspecified atom stereocenters. The zero-order valence-corrected chi connectivity index (χ0v) is 4.77. The summed E-state index contributed by atoms with van der Waals surface area (Å²) >= 11 is 4.19. The summed E-state index contributed by atoms with van der Waals surface area (Å²) in [7, 11) is 0. The molecule has 0 spiro atoms. The third kappa shape index (κ3) is 3.08. The number of rotatable bonds is 1. The Morgan fingerprint density at radius 1 is 1.75 bits per heavy atom. The number of nitrogens with two attached hydrogens (primary N) is 2. The largest absolute Gasteiger partial charge is 0.367 e. The molecule has 0 aliphatic carbocycles. The minimum atomic E-state index is 0.00218. The van der Waals surface area contributed by atoms with Gasteiger partial charge in [0.1, 0.15) is 0 Å². The topological polar surface area (TPSA) is 88.8 Å². The van der Waals surface area contributed by atoms with E-state index in [0.29, 0.717) is 0 Å². The average molecular weight is 131 g/mol. The third-order valence-electron chi connectivity index (χ3n) is 0.355. The summed E-state index contributed by atoms with van der Waals surface area (Å²) in [5, 5.41) is 8.26. The summed E-state index contributed by atoms with van der Waals surface area (Å²) in [6, 6.07) is 0. The molecule has 0 aliphatic rings. The Morgan fingerprint density at radius 2 is 2.38 bits per heavy atom. The molecule has 0 heterocycles. The molecule has 0 saturated heterocycles. The normalized spacial score (nSPS) is 9.75. The van der Waals surface area contributed by atoms with Crippen molar-refractivity contribution in [1.82, 2.24) is 5.43 Å². The molecule has 0 amide bonds. The first kappa shape index (κ1) is 6.87. The maximum Gasteiger partial charge on any atom is 0.231 e. The van der Waals surface area contributed by atoms with Crippen LogP contribution in [0.3, 0.4) is 0 Å². The Bertz CT molecular complexity index is 133. The van der Waals surface area contributed by atoms with Gasteiger partial charge in [-0.1, -0.05) is 0 Å². The Labute approximate surface area is 51.4 Å². The van der Waals surface area contributed by atoms with E-state index in [0.717, 1.165) is 0 Å². The Morgan fingerprint density at radius 3 is 2.75 bits per heavy atom. The van der Waals surface area contributed by atoms with Crippen molar-refractivity contribution in [2.45, 2.75) is 0 Å². The van der Waals surface area contributed by atoms with E-state index in [-0.39, 0.29) is 5.96 Å². The first-order chi connectivity index (χ1) is 3.81. The SMILES string of the molecule is NN=C(N)NN=C=S. The summed E-state index contributed by atoms with van der Waals surface area (Å²) < 4.78 is 0. The summed E-state index contributed by atoms with van der Waals surface area (Å²) in [6.45, 7) is 0. The van der Waals surface area contributed by atoms with Crippen LogP contribution in [0.4, 0.5) is 0 Å². The molecule has 5 nitrogen and oxygen atoms in total. The highest BCUT2D eigenvalue weighted by molar-refractivity contribution is 7.78. The molecular weight excluding hydrogens is 126 g/mol. The predicted molar refractivity (Wildman–Crippen MR) is 34.0 cm³/mol. The molecule has 0 fully saturated rings. The van der Waals surface area contributed by atoms with Crippen molar-refractivity contribution in [1.29, 1.82) is 0 Å². The van der Waals surface area contributed by atoms with E-state index >= 15 is 0 Å². The van der Waals surface area contributed by atoms with Crippen LogP contribution in [0.1, 0.15) is 0 Å². The van der Waals surface area contributed by atoms with Crippen molar-refractivity contribution < 1.29 is 0 Å². The van der Waals surface area contributed by atoms with Crippen LogP contribution in [0, 0.1) is 0 Å². The Hall–Kier alpha value is -1.13. The number of nitrogens with zero attached hydrogens (tertiary/aromatic N) is 2. The highest BCUT2D eigenvalue weighted by Gasteiger charge is 1.78. The van der Waals surface area contributed by atoms with Crippen LogP contribution >= 0.6 is 12.2 Å². The van der Waals surface area contributed by atoms with Gasteiger partial charge in [0.15, 0.2) is 0 Å². The Balaban J connectivity index is 3.55. The fourth-order valence-corrected chi connectivity index (χ4v) is 0.155. The Kier molecular flexibility index (Phi) is 3.47. The lowest BCUT2D eigenvalue weighted by Gasteiger charge is -1.89. The van der Waals surface area contributed by atoms with Crippen molar-refractivity contribution >= 4 is 23.3 Å².